The van der Waals surface area contributed by atoms with Crippen molar-refractivity contribution in [2.75, 3.05) is 12.3 Å². The van der Waals surface area contributed by atoms with Crippen LogP contribution in [-0.4, -0.2) is 24.3 Å². The molecule has 1 N–H and O–H groups in total. The van der Waals surface area contributed by atoms with Crippen LogP contribution in [0.25, 0.3) is 0 Å². The summed E-state index contributed by atoms with van der Waals surface area (Å²) >= 11 is 13.7. The SMILES string of the molecule is Cc1ccc(C(C)C)c(OC(C)C(=O)NCCSCc2ccc(Cl)c(Cl)c2)c1. The molecular formula is C22H27Cl2NO2S. The topological polar surface area (TPSA) is 38.3 Å². The molecule has 0 aliphatic heterocycles. The predicted octanol–water partition coefficient (Wildman–Crippen LogP) is 6.24. The van der Waals surface area contributed by atoms with Crippen LogP contribution >= 0.6 is 35.0 Å². The Labute approximate surface area is 182 Å². The van der Waals surface area contributed by atoms with Gasteiger partial charge in [0.25, 0.3) is 5.91 Å². The van der Waals surface area contributed by atoms with Crippen LogP contribution in [0.5, 0.6) is 5.75 Å². The van der Waals surface area contributed by atoms with Crippen LogP contribution in [0.15, 0.2) is 36.4 Å². The fourth-order valence-electron chi connectivity index (χ4n) is 2.67. The minimum absolute atomic E-state index is 0.105. The number of hydrogen-bond donors (Lipinski definition) is 1. The van der Waals surface area contributed by atoms with E-state index in [1.807, 2.05) is 25.1 Å². The summed E-state index contributed by atoms with van der Waals surface area (Å²) in [7, 11) is 0. The first kappa shape index (κ1) is 22.9. The molecule has 0 saturated carbocycles. The molecule has 2 rings (SSSR count). The monoisotopic (exact) mass is 439 g/mol. The second-order valence-electron chi connectivity index (χ2n) is 7.05. The third kappa shape index (κ3) is 6.91. The first-order chi connectivity index (χ1) is 13.3. The largest absolute Gasteiger partial charge is 0.481 e. The molecule has 2 aromatic rings. The highest BCUT2D eigenvalue weighted by Crippen LogP contribution is 2.28. The highest BCUT2D eigenvalue weighted by molar-refractivity contribution is 7.98. The lowest BCUT2D eigenvalue weighted by molar-refractivity contribution is -0.127. The maximum Gasteiger partial charge on any atom is 0.260 e. The highest BCUT2D eigenvalue weighted by Gasteiger charge is 2.17. The minimum Gasteiger partial charge on any atom is -0.481 e. The summed E-state index contributed by atoms with van der Waals surface area (Å²) in [5, 5.41) is 4.07. The number of aryl methyl sites for hydroxylation is 1. The lowest BCUT2D eigenvalue weighted by atomic mass is 10.0. The van der Waals surface area contributed by atoms with E-state index in [-0.39, 0.29) is 5.91 Å². The first-order valence-electron chi connectivity index (χ1n) is 9.34. The number of carbonyl (C=O) groups excluding carboxylic acids is 1. The van der Waals surface area contributed by atoms with Crippen LogP contribution in [-0.2, 0) is 10.5 Å². The molecule has 28 heavy (non-hydrogen) atoms. The number of halogens is 2. The van der Waals surface area contributed by atoms with E-state index in [4.69, 9.17) is 27.9 Å². The van der Waals surface area contributed by atoms with Gasteiger partial charge in [0.05, 0.1) is 10.0 Å². The van der Waals surface area contributed by atoms with Gasteiger partial charge < -0.3 is 10.1 Å². The predicted molar refractivity (Wildman–Crippen MR) is 121 cm³/mol. The van der Waals surface area contributed by atoms with Gasteiger partial charge in [-0.2, -0.15) is 11.8 Å². The molecule has 0 spiro atoms. The highest BCUT2D eigenvalue weighted by atomic mass is 35.5. The van der Waals surface area contributed by atoms with E-state index in [0.29, 0.717) is 22.5 Å². The number of amides is 1. The lowest BCUT2D eigenvalue weighted by Gasteiger charge is -2.19. The molecule has 0 heterocycles. The van der Waals surface area contributed by atoms with Crippen molar-refractivity contribution < 1.29 is 9.53 Å². The van der Waals surface area contributed by atoms with Crippen molar-refractivity contribution >= 4 is 40.9 Å². The van der Waals surface area contributed by atoms with Gasteiger partial charge in [0.2, 0.25) is 0 Å². The zero-order valence-corrected chi connectivity index (χ0v) is 19.0. The number of carbonyl (C=O) groups is 1. The molecule has 0 fully saturated rings. The maximum absolute atomic E-state index is 12.4. The van der Waals surface area contributed by atoms with Gasteiger partial charge in [-0.3, -0.25) is 4.79 Å². The van der Waals surface area contributed by atoms with Crippen molar-refractivity contribution in [1.82, 2.24) is 5.32 Å². The van der Waals surface area contributed by atoms with Crippen molar-refractivity contribution in [2.45, 2.75) is 45.5 Å². The smallest absolute Gasteiger partial charge is 0.260 e. The van der Waals surface area contributed by atoms with Gasteiger partial charge in [0.15, 0.2) is 6.10 Å². The van der Waals surface area contributed by atoms with Gasteiger partial charge in [0.1, 0.15) is 5.75 Å². The molecule has 6 heteroatoms. The zero-order valence-electron chi connectivity index (χ0n) is 16.7. The van der Waals surface area contributed by atoms with E-state index in [1.165, 1.54) is 0 Å². The number of ether oxygens (including phenoxy) is 1. The molecular weight excluding hydrogens is 413 g/mol. The first-order valence-corrected chi connectivity index (χ1v) is 11.3. The molecule has 2 aromatic carbocycles. The van der Waals surface area contributed by atoms with Gasteiger partial charge in [-0.05, 0) is 54.7 Å². The average Bonchev–Trinajstić information content (AvgIpc) is 2.63. The Balaban J connectivity index is 1.77. The zero-order chi connectivity index (χ0) is 20.7. The third-order valence-electron chi connectivity index (χ3n) is 4.26. The van der Waals surface area contributed by atoms with Crippen LogP contribution in [0.1, 0.15) is 43.4 Å². The molecule has 1 unspecified atom stereocenters. The fraction of sp³-hybridized carbons (Fsp3) is 0.409. The number of benzene rings is 2. The lowest BCUT2D eigenvalue weighted by Crippen LogP contribution is -2.37. The molecule has 1 amide bonds. The average molecular weight is 440 g/mol. The van der Waals surface area contributed by atoms with Crippen molar-refractivity contribution in [1.29, 1.82) is 0 Å². The number of thioether (sulfide) groups is 1. The van der Waals surface area contributed by atoms with E-state index in [2.05, 4.69) is 31.3 Å². The van der Waals surface area contributed by atoms with E-state index >= 15 is 0 Å². The van der Waals surface area contributed by atoms with E-state index in [0.717, 1.165) is 33.9 Å². The summed E-state index contributed by atoms with van der Waals surface area (Å²) in [5.74, 6) is 2.64. The standard InChI is InChI=1S/C22H27Cl2NO2S/c1-14(2)18-7-5-15(3)11-21(18)27-16(4)22(26)25-9-10-28-13-17-6-8-19(23)20(24)12-17/h5-8,11-12,14,16H,9-10,13H2,1-4H3,(H,25,26). The Morgan fingerprint density at radius 2 is 1.86 bits per heavy atom. The van der Waals surface area contributed by atoms with Crippen molar-refractivity contribution in [3.63, 3.8) is 0 Å². The number of nitrogens with one attached hydrogen (secondary N) is 1. The van der Waals surface area contributed by atoms with Crippen LogP contribution in [0.3, 0.4) is 0 Å². The second-order valence-corrected chi connectivity index (χ2v) is 8.97. The van der Waals surface area contributed by atoms with E-state index in [9.17, 15) is 4.79 Å². The molecule has 0 saturated heterocycles. The van der Waals surface area contributed by atoms with E-state index in [1.54, 1.807) is 24.8 Å². The minimum atomic E-state index is -0.542. The molecule has 0 bridgehead atoms. The van der Waals surface area contributed by atoms with Crippen LogP contribution in [0, 0.1) is 6.92 Å². The molecule has 0 aromatic heterocycles. The van der Waals surface area contributed by atoms with Gasteiger partial charge in [0, 0.05) is 18.1 Å². The van der Waals surface area contributed by atoms with Gasteiger partial charge in [-0.15, -0.1) is 0 Å². The van der Waals surface area contributed by atoms with Crippen molar-refractivity contribution in [2.24, 2.45) is 0 Å². The van der Waals surface area contributed by atoms with Crippen LogP contribution < -0.4 is 10.1 Å². The van der Waals surface area contributed by atoms with Crippen LogP contribution in [0.2, 0.25) is 10.0 Å². The van der Waals surface area contributed by atoms with Gasteiger partial charge in [-0.25, -0.2) is 0 Å². The third-order valence-corrected chi connectivity index (χ3v) is 6.03. The summed E-state index contributed by atoms with van der Waals surface area (Å²) in [6.45, 7) is 8.63. The molecule has 0 aliphatic carbocycles. The molecule has 3 nitrogen and oxygen atoms in total. The Hall–Kier alpha value is -1.36. The fourth-order valence-corrected chi connectivity index (χ4v) is 3.80. The Morgan fingerprint density at radius 3 is 2.54 bits per heavy atom. The van der Waals surface area contributed by atoms with Crippen LogP contribution in [0.4, 0.5) is 0 Å². The summed E-state index contributed by atoms with van der Waals surface area (Å²) in [6.07, 6.45) is -0.542. The summed E-state index contributed by atoms with van der Waals surface area (Å²) in [6, 6.07) is 11.8. The molecule has 1 atom stereocenters. The molecule has 0 aliphatic rings. The maximum atomic E-state index is 12.4. The molecule has 0 radical (unpaired) electrons. The Bertz CT molecular complexity index is 811. The number of hydrogen-bond acceptors (Lipinski definition) is 3. The van der Waals surface area contributed by atoms with E-state index < -0.39 is 6.10 Å². The molecule has 152 valence electrons. The van der Waals surface area contributed by atoms with Crippen molar-refractivity contribution in [3.8, 4) is 5.75 Å². The van der Waals surface area contributed by atoms with Gasteiger partial charge >= 0.3 is 0 Å². The quantitative estimate of drug-likeness (QED) is 0.469. The summed E-state index contributed by atoms with van der Waals surface area (Å²) in [5.41, 5.74) is 3.34. The Kier molecular flexibility index (Phi) is 9.00. The second kappa shape index (κ2) is 11.0. The summed E-state index contributed by atoms with van der Waals surface area (Å²) < 4.78 is 5.95. The van der Waals surface area contributed by atoms with Crippen molar-refractivity contribution in [3.05, 3.63) is 63.1 Å². The van der Waals surface area contributed by atoms with Gasteiger partial charge in [-0.1, -0.05) is 55.2 Å². The summed E-state index contributed by atoms with van der Waals surface area (Å²) in [4.78, 5) is 12.4. The Morgan fingerprint density at radius 1 is 1.11 bits per heavy atom. The number of rotatable bonds is 9. The normalized spacial score (nSPS) is 12.1.